The zero-order chi connectivity index (χ0) is 17.7. The molecule has 0 fully saturated rings. The summed E-state index contributed by atoms with van der Waals surface area (Å²) >= 11 is 0. The summed E-state index contributed by atoms with van der Waals surface area (Å²) in [5.74, 6) is -1.57. The Kier molecular flexibility index (Phi) is 5.13. The molecule has 0 aliphatic rings. The van der Waals surface area contributed by atoms with E-state index in [4.69, 9.17) is 0 Å². The number of benzene rings is 1. The van der Waals surface area contributed by atoms with Crippen molar-refractivity contribution in [1.82, 2.24) is 20.1 Å². The van der Waals surface area contributed by atoms with E-state index in [0.717, 1.165) is 0 Å². The number of allylic oxidation sites excluding steroid dienone is 1. The Bertz CT molecular complexity index is 745. The first-order valence-corrected chi connectivity index (χ1v) is 7.44. The summed E-state index contributed by atoms with van der Waals surface area (Å²) < 4.78 is 1.66. The van der Waals surface area contributed by atoms with Crippen molar-refractivity contribution >= 4 is 11.9 Å². The number of carbonyl (C=O) groups is 2. The van der Waals surface area contributed by atoms with E-state index in [1.165, 1.54) is 18.7 Å². The van der Waals surface area contributed by atoms with Crippen LogP contribution in [-0.2, 0) is 4.79 Å². The van der Waals surface area contributed by atoms with Gasteiger partial charge < -0.3 is 10.4 Å². The third kappa shape index (κ3) is 4.77. The van der Waals surface area contributed by atoms with E-state index in [1.54, 1.807) is 34.9 Å². The molecule has 1 aromatic carbocycles. The number of carboxylic acids is 1. The van der Waals surface area contributed by atoms with Crippen molar-refractivity contribution in [2.24, 2.45) is 5.41 Å². The van der Waals surface area contributed by atoms with Crippen molar-refractivity contribution in [3.05, 3.63) is 54.6 Å². The number of rotatable bonds is 5. The summed E-state index contributed by atoms with van der Waals surface area (Å²) in [6.45, 7) is 5.85. The van der Waals surface area contributed by atoms with Crippen LogP contribution >= 0.6 is 0 Å². The Balaban J connectivity index is 2.17. The highest BCUT2D eigenvalue weighted by atomic mass is 16.4. The molecule has 1 amide bonds. The number of hydrogen-bond donors (Lipinski definition) is 2. The second-order valence-corrected chi connectivity index (χ2v) is 6.43. The predicted octanol–water partition coefficient (Wildman–Crippen LogP) is 2.05. The van der Waals surface area contributed by atoms with Crippen LogP contribution in [0.4, 0.5) is 0 Å². The van der Waals surface area contributed by atoms with Gasteiger partial charge in [-0.05, 0) is 23.6 Å². The summed E-state index contributed by atoms with van der Waals surface area (Å²) in [7, 11) is 0. The highest BCUT2D eigenvalue weighted by Crippen LogP contribution is 2.15. The number of aromatic nitrogens is 3. The lowest BCUT2D eigenvalue weighted by Crippen LogP contribution is -2.39. The largest absolute Gasteiger partial charge is 0.479 e. The lowest BCUT2D eigenvalue weighted by Gasteiger charge is -2.15. The molecule has 7 nitrogen and oxygen atoms in total. The van der Waals surface area contributed by atoms with Crippen LogP contribution < -0.4 is 5.32 Å². The number of carboxylic acid groups (broad SMARTS) is 1. The fraction of sp³-hybridized carbons (Fsp3) is 0.294. The van der Waals surface area contributed by atoms with Crippen LogP contribution in [0.2, 0.25) is 0 Å². The van der Waals surface area contributed by atoms with Gasteiger partial charge in [-0.25, -0.2) is 4.79 Å². The first-order chi connectivity index (χ1) is 11.3. The molecule has 1 unspecified atom stereocenters. The average molecular weight is 328 g/mol. The molecule has 0 saturated carbocycles. The van der Waals surface area contributed by atoms with Crippen LogP contribution in [-0.4, -0.2) is 37.8 Å². The van der Waals surface area contributed by atoms with Gasteiger partial charge >= 0.3 is 5.97 Å². The SMILES string of the molecule is CC(C)(C)C=CC(NC(=O)c1cccc(-n2cnnc2)c1)C(=O)O. The number of hydrogen-bond acceptors (Lipinski definition) is 4. The van der Waals surface area contributed by atoms with Crippen molar-refractivity contribution in [3.63, 3.8) is 0 Å². The molecular formula is C17H20N4O3. The van der Waals surface area contributed by atoms with Crippen LogP contribution in [0, 0.1) is 5.41 Å². The van der Waals surface area contributed by atoms with Crippen LogP contribution in [0.15, 0.2) is 49.1 Å². The molecule has 0 saturated heterocycles. The van der Waals surface area contributed by atoms with E-state index >= 15 is 0 Å². The van der Waals surface area contributed by atoms with Gasteiger partial charge in [-0.15, -0.1) is 10.2 Å². The molecule has 0 spiro atoms. The molecule has 0 aliphatic heterocycles. The molecule has 1 atom stereocenters. The van der Waals surface area contributed by atoms with E-state index in [0.29, 0.717) is 11.3 Å². The van der Waals surface area contributed by atoms with Crippen molar-refractivity contribution in [2.45, 2.75) is 26.8 Å². The third-order valence-corrected chi connectivity index (χ3v) is 3.17. The van der Waals surface area contributed by atoms with Gasteiger partial charge in [-0.3, -0.25) is 9.36 Å². The molecule has 7 heteroatoms. The summed E-state index contributed by atoms with van der Waals surface area (Å²) in [5.41, 5.74) is 0.897. The monoisotopic (exact) mass is 328 g/mol. The number of nitrogens with one attached hydrogen (secondary N) is 1. The minimum Gasteiger partial charge on any atom is -0.479 e. The summed E-state index contributed by atoms with van der Waals surface area (Å²) in [4.78, 5) is 23.7. The maximum Gasteiger partial charge on any atom is 0.330 e. The van der Waals surface area contributed by atoms with Gasteiger partial charge in [0.05, 0.1) is 0 Å². The smallest absolute Gasteiger partial charge is 0.330 e. The van der Waals surface area contributed by atoms with Gasteiger partial charge in [-0.2, -0.15) is 0 Å². The maximum atomic E-state index is 12.4. The number of amides is 1. The molecule has 2 aromatic rings. The lowest BCUT2D eigenvalue weighted by atomic mass is 9.95. The average Bonchev–Trinajstić information content (AvgIpc) is 3.04. The second kappa shape index (κ2) is 7.08. The summed E-state index contributed by atoms with van der Waals surface area (Å²) in [6, 6.07) is 5.69. The molecule has 24 heavy (non-hydrogen) atoms. The van der Waals surface area contributed by atoms with Crippen molar-refractivity contribution < 1.29 is 14.7 Å². The maximum absolute atomic E-state index is 12.4. The Labute approximate surface area is 140 Å². The highest BCUT2D eigenvalue weighted by Gasteiger charge is 2.19. The normalized spacial score (nSPS) is 13.0. The Morgan fingerprint density at radius 2 is 1.92 bits per heavy atom. The van der Waals surface area contributed by atoms with Gasteiger partial charge in [-0.1, -0.05) is 39.0 Å². The van der Waals surface area contributed by atoms with Crippen molar-refractivity contribution in [2.75, 3.05) is 0 Å². The second-order valence-electron chi connectivity index (χ2n) is 6.43. The standard InChI is InChI=1S/C17H20N4O3/c1-17(2,3)8-7-14(16(23)24)20-15(22)12-5-4-6-13(9-12)21-10-18-19-11-21/h4-11,14H,1-3H3,(H,20,22)(H,23,24). The fourth-order valence-corrected chi connectivity index (χ4v) is 1.94. The van der Waals surface area contributed by atoms with Gasteiger partial charge in [0, 0.05) is 11.3 Å². The molecule has 2 rings (SSSR count). The van der Waals surface area contributed by atoms with E-state index in [2.05, 4.69) is 15.5 Å². The first kappa shape index (κ1) is 17.4. The van der Waals surface area contributed by atoms with Gasteiger partial charge in [0.2, 0.25) is 0 Å². The number of carbonyl (C=O) groups excluding carboxylic acids is 1. The highest BCUT2D eigenvalue weighted by molar-refractivity contribution is 5.97. The zero-order valence-corrected chi connectivity index (χ0v) is 13.8. The third-order valence-electron chi connectivity index (χ3n) is 3.17. The van der Waals surface area contributed by atoms with Crippen LogP contribution in [0.1, 0.15) is 31.1 Å². The lowest BCUT2D eigenvalue weighted by molar-refractivity contribution is -0.137. The minimum atomic E-state index is -1.11. The molecule has 126 valence electrons. The van der Waals surface area contributed by atoms with Gasteiger partial charge in [0.15, 0.2) is 0 Å². The van der Waals surface area contributed by atoms with Crippen molar-refractivity contribution in [1.29, 1.82) is 0 Å². The molecule has 0 radical (unpaired) electrons. The zero-order valence-electron chi connectivity index (χ0n) is 13.8. The van der Waals surface area contributed by atoms with Crippen molar-refractivity contribution in [3.8, 4) is 5.69 Å². The van der Waals surface area contributed by atoms with E-state index in [-0.39, 0.29) is 5.41 Å². The topological polar surface area (TPSA) is 97.1 Å². The molecule has 2 N–H and O–H groups in total. The quantitative estimate of drug-likeness (QED) is 0.819. The predicted molar refractivity (Wildman–Crippen MR) is 88.8 cm³/mol. The van der Waals surface area contributed by atoms with Crippen LogP contribution in [0.3, 0.4) is 0 Å². The van der Waals surface area contributed by atoms with E-state index in [9.17, 15) is 14.7 Å². The first-order valence-electron chi connectivity index (χ1n) is 7.44. The molecular weight excluding hydrogens is 308 g/mol. The van der Waals surface area contributed by atoms with Gasteiger partial charge in [0.25, 0.3) is 5.91 Å². The van der Waals surface area contributed by atoms with E-state index < -0.39 is 17.9 Å². The number of aliphatic carboxylic acids is 1. The Morgan fingerprint density at radius 1 is 1.25 bits per heavy atom. The minimum absolute atomic E-state index is 0.174. The molecule has 0 bridgehead atoms. The van der Waals surface area contributed by atoms with Crippen LogP contribution in [0.25, 0.3) is 5.69 Å². The molecule has 1 heterocycles. The summed E-state index contributed by atoms with van der Waals surface area (Å²) in [6.07, 6.45) is 6.29. The Hall–Kier alpha value is -2.96. The molecule has 1 aromatic heterocycles. The summed E-state index contributed by atoms with van der Waals surface area (Å²) in [5, 5.41) is 19.2. The van der Waals surface area contributed by atoms with Gasteiger partial charge in [0.1, 0.15) is 18.7 Å². The van der Waals surface area contributed by atoms with Crippen LogP contribution in [0.5, 0.6) is 0 Å². The Morgan fingerprint density at radius 3 is 2.50 bits per heavy atom. The fourth-order valence-electron chi connectivity index (χ4n) is 1.94. The van der Waals surface area contributed by atoms with E-state index in [1.807, 2.05) is 20.8 Å². The molecule has 0 aliphatic carbocycles. The number of nitrogens with zero attached hydrogens (tertiary/aromatic N) is 3.